The number of carbonyl (C=O) groups is 1. The van der Waals surface area contributed by atoms with Crippen LogP contribution in [0.2, 0.25) is 0 Å². The van der Waals surface area contributed by atoms with Crippen LogP contribution in [-0.4, -0.2) is 61.0 Å². The third-order valence-corrected chi connectivity index (χ3v) is 5.48. The Kier molecular flexibility index (Phi) is 8.97. The Balaban J connectivity index is 0.000000392. The van der Waals surface area contributed by atoms with Gasteiger partial charge in [-0.15, -0.1) is 11.3 Å². The van der Waals surface area contributed by atoms with Crippen molar-refractivity contribution in [3.8, 4) is 22.0 Å². The fourth-order valence-corrected chi connectivity index (χ4v) is 3.47. The second-order valence-corrected chi connectivity index (χ2v) is 8.08. The summed E-state index contributed by atoms with van der Waals surface area (Å²) in [4.78, 5) is 31.9. The van der Waals surface area contributed by atoms with Crippen LogP contribution < -0.4 is 5.32 Å². The van der Waals surface area contributed by atoms with Gasteiger partial charge in [0.1, 0.15) is 16.4 Å². The van der Waals surface area contributed by atoms with Crippen molar-refractivity contribution in [2.24, 2.45) is 0 Å². The Hall–Kier alpha value is -3.97. The predicted octanol–water partition coefficient (Wildman–Crippen LogP) is 4.28. The zero-order valence-corrected chi connectivity index (χ0v) is 20.1. The van der Waals surface area contributed by atoms with E-state index in [0.29, 0.717) is 17.9 Å². The number of hydrogen-bond acceptors (Lipinski definition) is 9. The molecule has 36 heavy (non-hydrogen) atoms. The summed E-state index contributed by atoms with van der Waals surface area (Å²) in [5.74, 6) is -0.180. The molecule has 13 heteroatoms. The molecule has 3 heterocycles. The van der Waals surface area contributed by atoms with Gasteiger partial charge in [0.15, 0.2) is 0 Å². The number of nitrogens with one attached hydrogen (secondary N) is 1. The van der Waals surface area contributed by atoms with E-state index >= 15 is 0 Å². The molecule has 3 aromatic heterocycles. The fourth-order valence-electron chi connectivity index (χ4n) is 2.65. The Labute approximate surface area is 208 Å². The van der Waals surface area contributed by atoms with Gasteiger partial charge in [-0.1, -0.05) is 30.3 Å². The van der Waals surface area contributed by atoms with E-state index in [0.717, 1.165) is 22.8 Å². The number of likely N-dealkylation sites (N-methyl/N-ethyl adjacent to an activating group) is 1. The highest BCUT2D eigenvalue weighted by molar-refractivity contribution is 7.13. The van der Waals surface area contributed by atoms with E-state index < -0.39 is 11.9 Å². The third-order valence-electron chi connectivity index (χ3n) is 4.59. The molecule has 0 bridgehead atoms. The van der Waals surface area contributed by atoms with Crippen molar-refractivity contribution in [3.63, 3.8) is 0 Å². The minimum atomic E-state index is -4.56. The maximum absolute atomic E-state index is 12.8. The SMILES string of the molecule is CC(=O)N(C)CCO.FC(F)(F)c1ccnc(Nc2nccc(-c3csc(-c4ccccc4)n3)n2)n1. The molecule has 0 aliphatic heterocycles. The molecule has 0 aliphatic rings. The Bertz CT molecular complexity index is 1290. The van der Waals surface area contributed by atoms with Gasteiger partial charge in [0.2, 0.25) is 17.8 Å². The van der Waals surface area contributed by atoms with Crippen molar-refractivity contribution in [1.82, 2.24) is 29.8 Å². The van der Waals surface area contributed by atoms with Crippen LogP contribution >= 0.6 is 11.3 Å². The molecular weight excluding hydrogens is 495 g/mol. The van der Waals surface area contributed by atoms with E-state index in [1.807, 2.05) is 35.7 Å². The first-order valence-corrected chi connectivity index (χ1v) is 11.4. The number of thiazole rings is 1. The molecule has 0 unspecified atom stereocenters. The molecule has 0 aliphatic carbocycles. The van der Waals surface area contributed by atoms with E-state index in [1.54, 1.807) is 13.1 Å². The molecule has 0 atom stereocenters. The molecule has 4 rings (SSSR count). The van der Waals surface area contributed by atoms with Crippen LogP contribution in [0.5, 0.6) is 0 Å². The molecule has 188 valence electrons. The summed E-state index contributed by atoms with van der Waals surface area (Å²) in [6.45, 7) is 1.93. The van der Waals surface area contributed by atoms with Gasteiger partial charge < -0.3 is 10.0 Å². The van der Waals surface area contributed by atoms with Crippen LogP contribution in [0.4, 0.5) is 25.1 Å². The number of alkyl halides is 3. The van der Waals surface area contributed by atoms with Gasteiger partial charge in [-0.25, -0.2) is 24.9 Å². The summed E-state index contributed by atoms with van der Waals surface area (Å²) in [6.07, 6.45) is -2.05. The highest BCUT2D eigenvalue weighted by Gasteiger charge is 2.32. The predicted molar refractivity (Wildman–Crippen MR) is 129 cm³/mol. The molecule has 4 aromatic rings. The summed E-state index contributed by atoms with van der Waals surface area (Å²) >= 11 is 1.47. The van der Waals surface area contributed by atoms with Crippen molar-refractivity contribution >= 4 is 29.1 Å². The number of rotatable bonds is 6. The van der Waals surface area contributed by atoms with Crippen molar-refractivity contribution in [3.05, 3.63) is 65.9 Å². The maximum Gasteiger partial charge on any atom is 0.433 e. The zero-order valence-electron chi connectivity index (χ0n) is 19.3. The molecule has 2 N–H and O–H groups in total. The molecule has 0 saturated carbocycles. The molecule has 0 fully saturated rings. The summed E-state index contributed by atoms with van der Waals surface area (Å²) < 4.78 is 38.3. The number of benzene rings is 1. The fraction of sp³-hybridized carbons (Fsp3) is 0.217. The van der Waals surface area contributed by atoms with Crippen LogP contribution in [0.3, 0.4) is 0 Å². The van der Waals surface area contributed by atoms with Gasteiger partial charge in [-0.05, 0) is 12.1 Å². The first kappa shape index (κ1) is 26.6. The van der Waals surface area contributed by atoms with Crippen molar-refractivity contribution in [2.75, 3.05) is 25.5 Å². The number of aromatic nitrogens is 5. The number of amides is 1. The lowest BCUT2D eigenvalue weighted by molar-refractivity contribution is -0.141. The van der Waals surface area contributed by atoms with E-state index in [2.05, 4.69) is 30.2 Å². The second-order valence-electron chi connectivity index (χ2n) is 7.22. The maximum atomic E-state index is 12.8. The van der Waals surface area contributed by atoms with Gasteiger partial charge in [0.25, 0.3) is 0 Å². The lowest BCUT2D eigenvalue weighted by Gasteiger charge is -2.11. The molecule has 0 saturated heterocycles. The quantitative estimate of drug-likeness (QED) is 0.389. The standard InChI is InChI=1S/C18H11F3N6S.C5H11NO2/c19-18(20,21)14-7-9-23-17(26-14)27-16-22-8-6-12(25-16)13-10-28-15(24-13)11-4-2-1-3-5-11;1-5(8)6(2)3-4-7/h1-10H,(H,22,23,25,26,27);7H,3-4H2,1-2H3. The average molecular weight is 518 g/mol. The van der Waals surface area contributed by atoms with Gasteiger partial charge in [0, 0.05) is 43.9 Å². The number of carbonyl (C=O) groups excluding carboxylic acids is 1. The van der Waals surface area contributed by atoms with E-state index in [-0.39, 0.29) is 24.4 Å². The third kappa shape index (κ3) is 7.52. The lowest BCUT2D eigenvalue weighted by Crippen LogP contribution is -2.26. The molecule has 0 radical (unpaired) electrons. The first-order valence-electron chi connectivity index (χ1n) is 10.5. The Morgan fingerprint density at radius 3 is 2.28 bits per heavy atom. The minimum Gasteiger partial charge on any atom is -0.395 e. The lowest BCUT2D eigenvalue weighted by atomic mass is 10.2. The summed E-state index contributed by atoms with van der Waals surface area (Å²) in [5, 5.41) is 13.6. The number of hydrogen-bond donors (Lipinski definition) is 2. The van der Waals surface area contributed by atoms with Crippen LogP contribution in [-0.2, 0) is 11.0 Å². The van der Waals surface area contributed by atoms with E-state index in [4.69, 9.17) is 5.11 Å². The minimum absolute atomic E-state index is 0.0148. The number of aliphatic hydroxyl groups excluding tert-OH is 1. The van der Waals surface area contributed by atoms with E-state index in [1.165, 1.54) is 29.4 Å². The molecular formula is C23H22F3N7O2S. The zero-order chi connectivity index (χ0) is 26.1. The van der Waals surface area contributed by atoms with Crippen LogP contribution in [0.1, 0.15) is 12.6 Å². The Morgan fingerprint density at radius 1 is 1.00 bits per heavy atom. The molecule has 1 amide bonds. The second kappa shape index (κ2) is 12.1. The number of aliphatic hydroxyl groups is 1. The smallest absolute Gasteiger partial charge is 0.395 e. The molecule has 0 spiro atoms. The van der Waals surface area contributed by atoms with Gasteiger partial charge in [0.05, 0.1) is 12.3 Å². The molecule has 1 aromatic carbocycles. The number of nitrogens with zero attached hydrogens (tertiary/aromatic N) is 6. The van der Waals surface area contributed by atoms with Gasteiger partial charge in [-0.2, -0.15) is 13.2 Å². The average Bonchev–Trinajstić information content (AvgIpc) is 3.36. The monoisotopic (exact) mass is 517 g/mol. The topological polar surface area (TPSA) is 117 Å². The first-order chi connectivity index (χ1) is 17.2. The number of halogens is 3. The van der Waals surface area contributed by atoms with Crippen LogP contribution in [0.25, 0.3) is 22.0 Å². The highest BCUT2D eigenvalue weighted by atomic mass is 32.1. The van der Waals surface area contributed by atoms with E-state index in [9.17, 15) is 18.0 Å². The summed E-state index contributed by atoms with van der Waals surface area (Å²) in [7, 11) is 1.65. The highest BCUT2D eigenvalue weighted by Crippen LogP contribution is 2.29. The van der Waals surface area contributed by atoms with Crippen LogP contribution in [0, 0.1) is 0 Å². The summed E-state index contributed by atoms with van der Waals surface area (Å²) in [6, 6.07) is 12.2. The number of anilines is 2. The largest absolute Gasteiger partial charge is 0.433 e. The van der Waals surface area contributed by atoms with Crippen molar-refractivity contribution in [1.29, 1.82) is 0 Å². The Morgan fingerprint density at radius 2 is 1.67 bits per heavy atom. The molecule has 9 nitrogen and oxygen atoms in total. The van der Waals surface area contributed by atoms with Gasteiger partial charge in [-0.3, -0.25) is 10.1 Å². The summed E-state index contributed by atoms with van der Waals surface area (Å²) in [5.41, 5.74) is 1.11. The van der Waals surface area contributed by atoms with Crippen molar-refractivity contribution < 1.29 is 23.1 Å². The van der Waals surface area contributed by atoms with Crippen molar-refractivity contribution in [2.45, 2.75) is 13.1 Å². The normalized spacial score (nSPS) is 10.8. The van der Waals surface area contributed by atoms with Crippen LogP contribution in [0.15, 0.2) is 60.2 Å². The van der Waals surface area contributed by atoms with Gasteiger partial charge >= 0.3 is 6.18 Å².